The van der Waals surface area contributed by atoms with E-state index in [1.807, 2.05) is 13.8 Å². The van der Waals surface area contributed by atoms with E-state index in [1.54, 1.807) is 27.7 Å². The van der Waals surface area contributed by atoms with Crippen molar-refractivity contribution in [2.24, 2.45) is 11.3 Å². The number of carbonyl (C=O) groups is 3. The largest absolute Gasteiger partial charge is 0.461 e. The van der Waals surface area contributed by atoms with Gasteiger partial charge in [-0.2, -0.15) is 5.10 Å². The maximum atomic E-state index is 12.4. The van der Waals surface area contributed by atoms with Gasteiger partial charge in [0, 0.05) is 11.5 Å². The average Bonchev–Trinajstić information content (AvgIpc) is 2.91. The van der Waals surface area contributed by atoms with Crippen LogP contribution < -0.4 is 10.6 Å². The zero-order chi connectivity index (χ0) is 18.5. The zero-order valence-corrected chi connectivity index (χ0v) is 15.0. The third kappa shape index (κ3) is 5.36. The van der Waals surface area contributed by atoms with Gasteiger partial charge in [-0.3, -0.25) is 14.7 Å². The van der Waals surface area contributed by atoms with Crippen molar-refractivity contribution >= 4 is 23.6 Å². The van der Waals surface area contributed by atoms with Gasteiger partial charge in [0.25, 0.3) is 0 Å². The standard InChI is InChI=1S/C16H26N4O4/c1-7-24-14(22)10-8-11(20-19-10)17-13(21)12(9(2)3)18-15(23)16(4,5)6/h8-9,12H,7H2,1-6H3,(H,18,23)(H2,17,19,20,21)/t12-/m1/s1. The van der Waals surface area contributed by atoms with Crippen molar-refractivity contribution in [3.63, 3.8) is 0 Å². The Kier molecular flexibility index (Phi) is 6.51. The van der Waals surface area contributed by atoms with Crippen LogP contribution in [0.2, 0.25) is 0 Å². The zero-order valence-electron chi connectivity index (χ0n) is 15.0. The van der Waals surface area contributed by atoms with E-state index in [-0.39, 0.29) is 29.9 Å². The Bertz CT molecular complexity index is 601. The first-order chi connectivity index (χ1) is 11.1. The first kappa shape index (κ1) is 19.7. The molecule has 2 amide bonds. The molecule has 134 valence electrons. The molecule has 0 saturated carbocycles. The van der Waals surface area contributed by atoms with Crippen LogP contribution in [0.4, 0.5) is 5.82 Å². The quantitative estimate of drug-likeness (QED) is 0.683. The van der Waals surface area contributed by atoms with Gasteiger partial charge < -0.3 is 15.4 Å². The van der Waals surface area contributed by atoms with Gasteiger partial charge in [0.2, 0.25) is 11.8 Å². The minimum absolute atomic E-state index is 0.111. The van der Waals surface area contributed by atoms with Crippen molar-refractivity contribution in [2.45, 2.75) is 47.6 Å². The maximum Gasteiger partial charge on any atom is 0.356 e. The lowest BCUT2D eigenvalue weighted by Crippen LogP contribution is -2.50. The summed E-state index contributed by atoms with van der Waals surface area (Å²) in [4.78, 5) is 36.1. The van der Waals surface area contributed by atoms with E-state index in [2.05, 4.69) is 20.8 Å². The molecular formula is C16H26N4O4. The molecule has 1 atom stereocenters. The number of hydrogen-bond donors (Lipinski definition) is 3. The van der Waals surface area contributed by atoms with Crippen molar-refractivity contribution in [3.8, 4) is 0 Å². The van der Waals surface area contributed by atoms with Crippen LogP contribution in [0.25, 0.3) is 0 Å². The summed E-state index contributed by atoms with van der Waals surface area (Å²) in [6.45, 7) is 10.9. The summed E-state index contributed by atoms with van der Waals surface area (Å²) < 4.78 is 4.84. The van der Waals surface area contributed by atoms with Gasteiger partial charge >= 0.3 is 5.97 Å². The highest BCUT2D eigenvalue weighted by atomic mass is 16.5. The highest BCUT2D eigenvalue weighted by molar-refractivity contribution is 5.98. The number of ether oxygens (including phenoxy) is 1. The molecule has 8 heteroatoms. The molecule has 1 heterocycles. The Labute approximate surface area is 141 Å². The lowest BCUT2D eigenvalue weighted by atomic mass is 9.93. The highest BCUT2D eigenvalue weighted by Crippen LogP contribution is 2.15. The van der Waals surface area contributed by atoms with Crippen LogP contribution >= 0.6 is 0 Å². The number of rotatable bonds is 6. The number of aromatic amines is 1. The molecule has 8 nitrogen and oxygen atoms in total. The Balaban J connectivity index is 2.79. The molecule has 0 aromatic carbocycles. The lowest BCUT2D eigenvalue weighted by Gasteiger charge is -2.25. The molecule has 1 aromatic heterocycles. The number of nitrogens with zero attached hydrogens (tertiary/aromatic N) is 1. The smallest absolute Gasteiger partial charge is 0.356 e. The third-order valence-corrected chi connectivity index (χ3v) is 3.24. The van der Waals surface area contributed by atoms with E-state index in [0.29, 0.717) is 0 Å². The van der Waals surface area contributed by atoms with E-state index in [0.717, 1.165) is 0 Å². The molecule has 0 aliphatic heterocycles. The molecule has 0 aliphatic carbocycles. The number of carbonyl (C=O) groups excluding carboxylic acids is 3. The Hall–Kier alpha value is -2.38. The van der Waals surface area contributed by atoms with Gasteiger partial charge in [0.15, 0.2) is 5.82 Å². The summed E-state index contributed by atoms with van der Waals surface area (Å²) in [5.41, 5.74) is -0.455. The van der Waals surface area contributed by atoms with Crippen molar-refractivity contribution in [2.75, 3.05) is 11.9 Å². The first-order valence-electron chi connectivity index (χ1n) is 7.90. The van der Waals surface area contributed by atoms with Crippen molar-refractivity contribution in [3.05, 3.63) is 11.8 Å². The monoisotopic (exact) mass is 338 g/mol. The number of amides is 2. The third-order valence-electron chi connectivity index (χ3n) is 3.24. The van der Waals surface area contributed by atoms with Crippen LogP contribution in [-0.2, 0) is 14.3 Å². The molecular weight excluding hydrogens is 312 g/mol. The molecule has 3 N–H and O–H groups in total. The van der Waals surface area contributed by atoms with Gasteiger partial charge in [-0.25, -0.2) is 4.79 Å². The number of anilines is 1. The van der Waals surface area contributed by atoms with Crippen LogP contribution in [0, 0.1) is 11.3 Å². The van der Waals surface area contributed by atoms with E-state index in [4.69, 9.17) is 4.74 Å². The maximum absolute atomic E-state index is 12.4. The SMILES string of the molecule is CCOC(=O)c1cc(NC(=O)[C@H](NC(=O)C(C)(C)C)C(C)C)n[nH]1. The van der Waals surface area contributed by atoms with Crippen molar-refractivity contribution < 1.29 is 19.1 Å². The van der Waals surface area contributed by atoms with Crippen LogP contribution in [0.3, 0.4) is 0 Å². The van der Waals surface area contributed by atoms with Crippen LogP contribution in [-0.4, -0.2) is 40.6 Å². The number of nitrogens with one attached hydrogen (secondary N) is 3. The van der Waals surface area contributed by atoms with E-state index < -0.39 is 23.3 Å². The number of H-pyrrole nitrogens is 1. The van der Waals surface area contributed by atoms with E-state index in [9.17, 15) is 14.4 Å². The normalized spacial score (nSPS) is 12.6. The minimum Gasteiger partial charge on any atom is -0.461 e. The van der Waals surface area contributed by atoms with E-state index in [1.165, 1.54) is 6.07 Å². The van der Waals surface area contributed by atoms with Gasteiger partial charge in [-0.05, 0) is 12.8 Å². The molecule has 0 unspecified atom stereocenters. The second kappa shape index (κ2) is 7.94. The molecule has 0 radical (unpaired) electrons. The summed E-state index contributed by atoms with van der Waals surface area (Å²) >= 11 is 0. The predicted molar refractivity (Wildman–Crippen MR) is 89.4 cm³/mol. The fourth-order valence-electron chi connectivity index (χ4n) is 1.80. The summed E-state index contributed by atoms with van der Waals surface area (Å²) in [5.74, 6) is -1.08. The highest BCUT2D eigenvalue weighted by Gasteiger charge is 2.30. The molecule has 1 aromatic rings. The molecule has 0 saturated heterocycles. The number of esters is 1. The predicted octanol–water partition coefficient (Wildman–Crippen LogP) is 1.71. The van der Waals surface area contributed by atoms with Gasteiger partial charge in [-0.15, -0.1) is 0 Å². The Morgan fingerprint density at radius 1 is 1.29 bits per heavy atom. The molecule has 1 rings (SSSR count). The van der Waals surface area contributed by atoms with Gasteiger partial charge in [0.05, 0.1) is 6.61 Å². The number of hydrogen-bond acceptors (Lipinski definition) is 5. The van der Waals surface area contributed by atoms with Crippen LogP contribution in [0.1, 0.15) is 52.0 Å². The van der Waals surface area contributed by atoms with Gasteiger partial charge in [-0.1, -0.05) is 34.6 Å². The van der Waals surface area contributed by atoms with Crippen molar-refractivity contribution in [1.29, 1.82) is 0 Å². The summed E-state index contributed by atoms with van der Waals surface area (Å²) in [6.07, 6.45) is 0. The topological polar surface area (TPSA) is 113 Å². The first-order valence-corrected chi connectivity index (χ1v) is 7.90. The van der Waals surface area contributed by atoms with Crippen LogP contribution in [0.5, 0.6) is 0 Å². The Morgan fingerprint density at radius 3 is 2.42 bits per heavy atom. The van der Waals surface area contributed by atoms with Crippen molar-refractivity contribution in [1.82, 2.24) is 15.5 Å². The molecule has 0 aliphatic rings. The van der Waals surface area contributed by atoms with Gasteiger partial charge in [0.1, 0.15) is 11.7 Å². The fraction of sp³-hybridized carbons (Fsp3) is 0.625. The summed E-state index contributed by atoms with van der Waals surface area (Å²) in [7, 11) is 0. The minimum atomic E-state index is -0.709. The lowest BCUT2D eigenvalue weighted by molar-refractivity contribution is -0.132. The summed E-state index contributed by atoms with van der Waals surface area (Å²) in [5, 5.41) is 11.7. The average molecular weight is 338 g/mol. The molecule has 0 bridgehead atoms. The number of aromatic nitrogens is 2. The molecule has 0 fully saturated rings. The fourth-order valence-corrected chi connectivity index (χ4v) is 1.80. The summed E-state index contributed by atoms with van der Waals surface area (Å²) in [6, 6.07) is 0.679. The second-order valence-corrected chi connectivity index (χ2v) is 6.82. The van der Waals surface area contributed by atoms with E-state index >= 15 is 0 Å². The van der Waals surface area contributed by atoms with Crippen LogP contribution in [0.15, 0.2) is 6.07 Å². The molecule has 0 spiro atoms. The second-order valence-electron chi connectivity index (χ2n) is 6.82. The molecule has 24 heavy (non-hydrogen) atoms. The Morgan fingerprint density at radius 2 is 1.92 bits per heavy atom.